The lowest BCUT2D eigenvalue weighted by atomic mass is 10.4. The van der Waals surface area contributed by atoms with Gasteiger partial charge in [0.25, 0.3) is 0 Å². The fourth-order valence-electron chi connectivity index (χ4n) is 1.84. The van der Waals surface area contributed by atoms with Gasteiger partial charge in [0.15, 0.2) is 11.7 Å². The van der Waals surface area contributed by atoms with E-state index in [-0.39, 0.29) is 0 Å². The molecule has 20 heavy (non-hydrogen) atoms. The van der Waals surface area contributed by atoms with Gasteiger partial charge in [0.2, 0.25) is 5.82 Å². The van der Waals surface area contributed by atoms with Gasteiger partial charge in [0.05, 0.1) is 12.8 Å². The molecule has 1 saturated carbocycles. The first-order valence-corrected chi connectivity index (χ1v) is 6.75. The maximum absolute atomic E-state index is 5.25. The van der Waals surface area contributed by atoms with Gasteiger partial charge in [-0.2, -0.15) is 0 Å². The molecule has 0 aromatic carbocycles. The number of guanidine groups is 1. The smallest absolute Gasteiger partial charge is 0.216 e. The van der Waals surface area contributed by atoms with E-state index in [1.165, 1.54) is 12.8 Å². The largest absolute Gasteiger partial charge is 0.461 e. The molecule has 0 radical (unpaired) electrons. The maximum atomic E-state index is 5.25. The highest BCUT2D eigenvalue weighted by atomic mass is 16.3. The molecule has 0 spiro atoms. The van der Waals surface area contributed by atoms with Gasteiger partial charge in [-0.25, -0.2) is 4.98 Å². The van der Waals surface area contributed by atoms with Crippen LogP contribution < -0.4 is 10.6 Å². The third-order valence-electron chi connectivity index (χ3n) is 3.18. The Bertz CT molecular complexity index is 569. The Morgan fingerprint density at radius 1 is 1.50 bits per heavy atom. The first-order chi connectivity index (χ1) is 9.85. The van der Waals surface area contributed by atoms with Crippen LogP contribution in [-0.2, 0) is 6.54 Å². The van der Waals surface area contributed by atoms with Crippen molar-refractivity contribution in [1.82, 2.24) is 25.8 Å². The Hall–Kier alpha value is -2.31. The summed E-state index contributed by atoms with van der Waals surface area (Å²) in [5, 5.41) is 13.5. The van der Waals surface area contributed by atoms with Gasteiger partial charge in [-0.3, -0.25) is 10.1 Å². The average Bonchev–Trinajstić information content (AvgIpc) is 2.94. The van der Waals surface area contributed by atoms with E-state index >= 15 is 0 Å². The number of rotatable bonds is 5. The summed E-state index contributed by atoms with van der Waals surface area (Å²) in [6.07, 6.45) is 4.24. The van der Waals surface area contributed by atoms with Crippen molar-refractivity contribution < 1.29 is 4.42 Å². The molecule has 2 heterocycles. The molecule has 3 rings (SSSR count). The summed E-state index contributed by atoms with van der Waals surface area (Å²) < 4.78 is 5.25. The fraction of sp³-hybridized carbons (Fsp3) is 0.462. The Kier molecular flexibility index (Phi) is 3.67. The molecule has 1 aliphatic carbocycles. The molecular weight excluding hydrogens is 256 g/mol. The Balaban J connectivity index is 1.52. The molecule has 106 valence electrons. The van der Waals surface area contributed by atoms with E-state index in [0.29, 0.717) is 18.1 Å². The minimum absolute atomic E-state index is 0.540. The van der Waals surface area contributed by atoms with Crippen LogP contribution >= 0.6 is 0 Å². The summed E-state index contributed by atoms with van der Waals surface area (Å²) in [4.78, 5) is 8.53. The van der Waals surface area contributed by atoms with E-state index in [1.54, 1.807) is 13.3 Å². The van der Waals surface area contributed by atoms with Crippen molar-refractivity contribution in [2.45, 2.75) is 19.4 Å². The summed E-state index contributed by atoms with van der Waals surface area (Å²) in [7, 11) is 1.76. The molecule has 1 fully saturated rings. The molecule has 0 unspecified atom stereocenters. The fourth-order valence-corrected chi connectivity index (χ4v) is 1.84. The summed E-state index contributed by atoms with van der Waals surface area (Å²) in [6, 6.07) is 3.64. The molecule has 7 heteroatoms. The second-order valence-electron chi connectivity index (χ2n) is 4.83. The molecular formula is C13H18N6O. The standard InChI is InChI=1S/C13H18N6O/c1-14-13(15-7-9-4-5-9)16-8-11-17-12(19-18-11)10-3-2-6-20-10/h2-3,6,9H,4-5,7-8H2,1H3,(H2,14,15,16)(H,17,18,19). The van der Waals surface area contributed by atoms with Crippen LogP contribution in [0.3, 0.4) is 0 Å². The lowest BCUT2D eigenvalue weighted by molar-refractivity contribution is 0.577. The average molecular weight is 274 g/mol. The van der Waals surface area contributed by atoms with E-state index in [2.05, 4.69) is 30.8 Å². The molecule has 0 aliphatic heterocycles. The SMILES string of the molecule is CN=C(NCc1nc(-c2ccco2)n[nH]1)NCC1CC1. The van der Waals surface area contributed by atoms with E-state index in [1.807, 2.05) is 12.1 Å². The van der Waals surface area contributed by atoms with Crippen molar-refractivity contribution in [2.75, 3.05) is 13.6 Å². The van der Waals surface area contributed by atoms with Crippen LogP contribution in [0.4, 0.5) is 0 Å². The van der Waals surface area contributed by atoms with Gasteiger partial charge >= 0.3 is 0 Å². The number of aromatic nitrogens is 3. The maximum Gasteiger partial charge on any atom is 0.216 e. The predicted molar refractivity (Wildman–Crippen MR) is 75.0 cm³/mol. The van der Waals surface area contributed by atoms with Crippen molar-refractivity contribution in [3.63, 3.8) is 0 Å². The second kappa shape index (κ2) is 5.77. The third kappa shape index (κ3) is 3.17. The number of hydrogen-bond donors (Lipinski definition) is 3. The molecule has 0 amide bonds. The lowest BCUT2D eigenvalue weighted by Crippen LogP contribution is -2.38. The van der Waals surface area contributed by atoms with Gasteiger partial charge in [0, 0.05) is 13.6 Å². The quantitative estimate of drug-likeness (QED) is 0.562. The predicted octanol–water partition coefficient (Wildman–Crippen LogP) is 1.14. The van der Waals surface area contributed by atoms with E-state index in [4.69, 9.17) is 4.42 Å². The molecule has 0 atom stereocenters. The van der Waals surface area contributed by atoms with Crippen molar-refractivity contribution in [3.05, 3.63) is 24.2 Å². The van der Waals surface area contributed by atoms with Crippen LogP contribution in [-0.4, -0.2) is 34.7 Å². The summed E-state index contributed by atoms with van der Waals surface area (Å²) >= 11 is 0. The van der Waals surface area contributed by atoms with Crippen LogP contribution in [0.25, 0.3) is 11.6 Å². The summed E-state index contributed by atoms with van der Waals surface area (Å²) in [6.45, 7) is 1.52. The zero-order valence-electron chi connectivity index (χ0n) is 11.4. The van der Waals surface area contributed by atoms with Crippen LogP contribution in [0.2, 0.25) is 0 Å². The van der Waals surface area contributed by atoms with E-state index < -0.39 is 0 Å². The first-order valence-electron chi connectivity index (χ1n) is 6.75. The number of furan rings is 1. The minimum atomic E-state index is 0.540. The molecule has 0 bridgehead atoms. The van der Waals surface area contributed by atoms with Crippen LogP contribution in [0, 0.1) is 5.92 Å². The number of aromatic amines is 1. The van der Waals surface area contributed by atoms with Crippen molar-refractivity contribution in [1.29, 1.82) is 0 Å². The highest BCUT2D eigenvalue weighted by Gasteiger charge is 2.21. The molecule has 1 aliphatic rings. The second-order valence-corrected chi connectivity index (χ2v) is 4.83. The van der Waals surface area contributed by atoms with Crippen LogP contribution in [0.15, 0.2) is 27.8 Å². The zero-order chi connectivity index (χ0) is 13.8. The van der Waals surface area contributed by atoms with Gasteiger partial charge in [-0.1, -0.05) is 0 Å². The zero-order valence-corrected chi connectivity index (χ0v) is 11.4. The first kappa shape index (κ1) is 12.7. The van der Waals surface area contributed by atoms with Gasteiger partial charge in [-0.15, -0.1) is 5.10 Å². The minimum Gasteiger partial charge on any atom is -0.461 e. The van der Waals surface area contributed by atoms with E-state index in [9.17, 15) is 0 Å². The third-order valence-corrected chi connectivity index (χ3v) is 3.18. The number of aliphatic imine (C=N–C) groups is 1. The van der Waals surface area contributed by atoms with Gasteiger partial charge in [0.1, 0.15) is 5.82 Å². The number of nitrogens with one attached hydrogen (secondary N) is 3. The summed E-state index contributed by atoms with van der Waals surface area (Å²) in [5.74, 6) is 3.56. The molecule has 3 N–H and O–H groups in total. The highest BCUT2D eigenvalue weighted by Crippen LogP contribution is 2.27. The normalized spacial score (nSPS) is 15.3. The topological polar surface area (TPSA) is 91.1 Å². The summed E-state index contributed by atoms with van der Waals surface area (Å²) in [5.41, 5.74) is 0. The number of nitrogens with zero attached hydrogens (tertiary/aromatic N) is 3. The Morgan fingerprint density at radius 3 is 3.10 bits per heavy atom. The van der Waals surface area contributed by atoms with Crippen LogP contribution in [0.5, 0.6) is 0 Å². The van der Waals surface area contributed by atoms with Crippen molar-refractivity contribution in [3.8, 4) is 11.6 Å². The van der Waals surface area contributed by atoms with Crippen molar-refractivity contribution in [2.24, 2.45) is 10.9 Å². The van der Waals surface area contributed by atoms with E-state index in [0.717, 1.165) is 24.2 Å². The highest BCUT2D eigenvalue weighted by molar-refractivity contribution is 5.79. The van der Waals surface area contributed by atoms with Gasteiger partial charge in [-0.05, 0) is 30.9 Å². The molecule has 7 nitrogen and oxygen atoms in total. The number of H-pyrrole nitrogens is 1. The lowest BCUT2D eigenvalue weighted by Gasteiger charge is -2.09. The molecule has 2 aromatic rings. The number of hydrogen-bond acceptors (Lipinski definition) is 4. The van der Waals surface area contributed by atoms with Gasteiger partial charge < -0.3 is 15.1 Å². The molecule has 2 aromatic heterocycles. The molecule has 0 saturated heterocycles. The van der Waals surface area contributed by atoms with Crippen LogP contribution in [0.1, 0.15) is 18.7 Å². The monoisotopic (exact) mass is 274 g/mol. The Morgan fingerprint density at radius 2 is 2.40 bits per heavy atom. The Labute approximate surface area is 116 Å². The van der Waals surface area contributed by atoms with Crippen molar-refractivity contribution >= 4 is 5.96 Å².